The lowest BCUT2D eigenvalue weighted by molar-refractivity contribution is 0.202. The predicted molar refractivity (Wildman–Crippen MR) is 54.7 cm³/mol. The summed E-state index contributed by atoms with van der Waals surface area (Å²) < 4.78 is 31.3. The zero-order valence-electron chi connectivity index (χ0n) is 8.44. The first kappa shape index (κ1) is 11.9. The van der Waals surface area contributed by atoms with Crippen LogP contribution < -0.4 is 5.32 Å². The summed E-state index contributed by atoms with van der Waals surface area (Å²) in [7, 11) is -3.93. The van der Waals surface area contributed by atoms with Crippen LogP contribution in [-0.2, 0) is 10.1 Å². The Bertz CT molecular complexity index is 260. The van der Waals surface area contributed by atoms with Crippen LogP contribution in [0.25, 0.3) is 0 Å². The summed E-state index contributed by atoms with van der Waals surface area (Å²) in [6.07, 6.45) is 1.26. The largest absolute Gasteiger partial charge is 0.314 e. The molecule has 1 aliphatic heterocycles. The Balaban J connectivity index is 2.66. The van der Waals surface area contributed by atoms with Gasteiger partial charge in [0.05, 0.1) is 0 Å². The topological polar surface area (TPSA) is 69.6 Å². The molecular formula is C8H18N2O3S. The van der Waals surface area contributed by atoms with Crippen LogP contribution in [0.4, 0.5) is 0 Å². The van der Waals surface area contributed by atoms with E-state index in [1.807, 2.05) is 11.8 Å². The average Bonchev–Trinajstić information content (AvgIpc) is 2.14. The molecule has 1 rings (SSSR count). The minimum Gasteiger partial charge on any atom is -0.314 e. The van der Waals surface area contributed by atoms with E-state index in [1.165, 1.54) is 0 Å². The molecule has 2 N–H and O–H groups in total. The fraction of sp³-hybridized carbons (Fsp3) is 1.00. The fourth-order valence-electron chi connectivity index (χ4n) is 1.74. The number of rotatable bonds is 4. The van der Waals surface area contributed by atoms with E-state index in [0.29, 0.717) is 19.5 Å². The predicted octanol–water partition coefficient (Wildman–Crippen LogP) is -0.0944. The molecule has 1 saturated heterocycles. The van der Waals surface area contributed by atoms with Crippen molar-refractivity contribution in [3.8, 4) is 0 Å². The van der Waals surface area contributed by atoms with Crippen molar-refractivity contribution in [1.29, 1.82) is 0 Å². The van der Waals surface area contributed by atoms with E-state index in [0.717, 1.165) is 19.5 Å². The van der Waals surface area contributed by atoms with Gasteiger partial charge in [-0.1, -0.05) is 13.3 Å². The summed E-state index contributed by atoms with van der Waals surface area (Å²) in [5.74, 6) is 0. The standard InChI is InChI=1S/C8H18N2O3S/c1-2-3-8(14(11,12)13)10-6-4-9-5-7-10/h8-9H,2-7H2,1H3,(H,11,12,13). The molecule has 1 atom stereocenters. The van der Waals surface area contributed by atoms with Gasteiger partial charge in [-0.15, -0.1) is 0 Å². The van der Waals surface area contributed by atoms with Crippen molar-refractivity contribution in [2.24, 2.45) is 0 Å². The molecule has 0 aromatic heterocycles. The molecule has 1 fully saturated rings. The Morgan fingerprint density at radius 2 is 2.00 bits per heavy atom. The minimum absolute atomic E-state index is 0.499. The van der Waals surface area contributed by atoms with Crippen LogP contribution in [0.3, 0.4) is 0 Å². The summed E-state index contributed by atoms with van der Waals surface area (Å²) in [4.78, 5) is 1.83. The molecule has 0 amide bonds. The van der Waals surface area contributed by atoms with Gasteiger partial charge in [-0.25, -0.2) is 0 Å². The smallest absolute Gasteiger partial charge is 0.281 e. The van der Waals surface area contributed by atoms with Gasteiger partial charge in [0.15, 0.2) is 0 Å². The molecule has 0 saturated carbocycles. The Morgan fingerprint density at radius 1 is 1.43 bits per heavy atom. The maximum absolute atomic E-state index is 11.1. The van der Waals surface area contributed by atoms with Gasteiger partial charge in [-0.05, 0) is 6.42 Å². The number of nitrogens with one attached hydrogen (secondary N) is 1. The molecule has 0 aliphatic carbocycles. The van der Waals surface area contributed by atoms with Crippen LogP contribution in [0.15, 0.2) is 0 Å². The third kappa shape index (κ3) is 3.20. The summed E-state index contributed by atoms with van der Waals surface area (Å²) in [6.45, 7) is 4.86. The lowest BCUT2D eigenvalue weighted by Crippen LogP contribution is -2.50. The number of nitrogens with zero attached hydrogens (tertiary/aromatic N) is 1. The van der Waals surface area contributed by atoms with Crippen LogP contribution >= 0.6 is 0 Å². The highest BCUT2D eigenvalue weighted by Crippen LogP contribution is 2.13. The first-order valence-corrected chi connectivity index (χ1v) is 6.47. The van der Waals surface area contributed by atoms with Gasteiger partial charge in [0.1, 0.15) is 5.37 Å². The molecule has 0 bridgehead atoms. The lowest BCUT2D eigenvalue weighted by atomic mass is 10.3. The quantitative estimate of drug-likeness (QED) is 0.650. The molecular weight excluding hydrogens is 204 g/mol. The monoisotopic (exact) mass is 222 g/mol. The van der Waals surface area contributed by atoms with Crippen LogP contribution in [-0.4, -0.2) is 49.4 Å². The second-order valence-corrected chi connectivity index (χ2v) is 5.12. The van der Waals surface area contributed by atoms with Gasteiger partial charge in [-0.2, -0.15) is 8.42 Å². The number of hydrogen-bond acceptors (Lipinski definition) is 4. The van der Waals surface area contributed by atoms with E-state index in [2.05, 4.69) is 5.32 Å². The Hall–Kier alpha value is -0.170. The van der Waals surface area contributed by atoms with Gasteiger partial charge < -0.3 is 5.32 Å². The van der Waals surface area contributed by atoms with E-state index >= 15 is 0 Å². The van der Waals surface area contributed by atoms with E-state index in [-0.39, 0.29) is 0 Å². The Labute approximate surface area is 85.2 Å². The van der Waals surface area contributed by atoms with E-state index in [9.17, 15) is 8.42 Å². The maximum Gasteiger partial charge on any atom is 0.281 e. The molecule has 84 valence electrons. The van der Waals surface area contributed by atoms with Gasteiger partial charge >= 0.3 is 0 Å². The molecule has 0 aromatic carbocycles. The van der Waals surface area contributed by atoms with Crippen molar-refractivity contribution in [2.45, 2.75) is 25.1 Å². The maximum atomic E-state index is 11.1. The molecule has 6 heteroatoms. The highest BCUT2D eigenvalue weighted by molar-refractivity contribution is 7.86. The Kier molecular flexibility index (Phi) is 4.31. The van der Waals surface area contributed by atoms with Gasteiger partial charge in [0, 0.05) is 26.2 Å². The van der Waals surface area contributed by atoms with Crippen molar-refractivity contribution < 1.29 is 13.0 Å². The van der Waals surface area contributed by atoms with Crippen LogP contribution in [0, 0.1) is 0 Å². The van der Waals surface area contributed by atoms with Crippen LogP contribution in [0.2, 0.25) is 0 Å². The summed E-state index contributed by atoms with van der Waals surface area (Å²) >= 11 is 0. The molecule has 1 aliphatic rings. The first-order valence-electron chi connectivity index (χ1n) is 4.96. The molecule has 0 aromatic rings. The van der Waals surface area contributed by atoms with Gasteiger partial charge in [0.2, 0.25) is 0 Å². The van der Waals surface area contributed by atoms with Gasteiger partial charge in [0.25, 0.3) is 10.1 Å². The third-order valence-corrected chi connectivity index (χ3v) is 3.66. The zero-order chi connectivity index (χ0) is 10.6. The number of hydrogen-bond donors (Lipinski definition) is 2. The molecule has 0 spiro atoms. The van der Waals surface area contributed by atoms with Crippen molar-refractivity contribution in [2.75, 3.05) is 26.2 Å². The summed E-state index contributed by atoms with van der Waals surface area (Å²) in [6, 6.07) is 0. The lowest BCUT2D eigenvalue weighted by Gasteiger charge is -2.32. The summed E-state index contributed by atoms with van der Waals surface area (Å²) in [5, 5.41) is 2.43. The highest BCUT2D eigenvalue weighted by Gasteiger charge is 2.29. The van der Waals surface area contributed by atoms with Gasteiger partial charge in [-0.3, -0.25) is 9.45 Å². The molecule has 1 unspecified atom stereocenters. The Morgan fingerprint density at radius 3 is 2.43 bits per heavy atom. The normalized spacial score (nSPS) is 22.1. The molecule has 1 heterocycles. The van der Waals surface area contributed by atoms with Crippen molar-refractivity contribution in [3.05, 3.63) is 0 Å². The van der Waals surface area contributed by atoms with E-state index in [1.54, 1.807) is 0 Å². The second-order valence-electron chi connectivity index (χ2n) is 3.54. The summed E-state index contributed by atoms with van der Waals surface area (Å²) in [5.41, 5.74) is 0. The van der Waals surface area contributed by atoms with Crippen molar-refractivity contribution in [3.63, 3.8) is 0 Å². The first-order chi connectivity index (χ1) is 6.55. The van der Waals surface area contributed by atoms with E-state index in [4.69, 9.17) is 4.55 Å². The van der Waals surface area contributed by atoms with Crippen molar-refractivity contribution >= 4 is 10.1 Å². The van der Waals surface area contributed by atoms with Crippen LogP contribution in [0.5, 0.6) is 0 Å². The average molecular weight is 222 g/mol. The zero-order valence-corrected chi connectivity index (χ0v) is 9.26. The van der Waals surface area contributed by atoms with Crippen LogP contribution in [0.1, 0.15) is 19.8 Å². The second kappa shape index (κ2) is 5.06. The molecule has 14 heavy (non-hydrogen) atoms. The SMILES string of the molecule is CCCC(N1CCNCC1)S(=O)(=O)O. The van der Waals surface area contributed by atoms with Crippen molar-refractivity contribution in [1.82, 2.24) is 10.2 Å². The molecule has 5 nitrogen and oxygen atoms in total. The minimum atomic E-state index is -3.93. The fourth-order valence-corrected chi connectivity index (χ4v) is 2.86. The van der Waals surface area contributed by atoms with E-state index < -0.39 is 15.5 Å². The third-order valence-electron chi connectivity index (χ3n) is 2.44. The highest BCUT2D eigenvalue weighted by atomic mass is 32.2. The number of piperazine rings is 1. The molecule has 0 radical (unpaired) electrons.